The van der Waals surface area contributed by atoms with Gasteiger partial charge >= 0.3 is 0 Å². The molecule has 1 aromatic heterocycles. The fourth-order valence-electron chi connectivity index (χ4n) is 1.75. The van der Waals surface area contributed by atoms with Crippen molar-refractivity contribution >= 4 is 5.84 Å². The first kappa shape index (κ1) is 13.9. The lowest BCUT2D eigenvalue weighted by Gasteiger charge is -2.10. The molecule has 0 aliphatic carbocycles. The van der Waals surface area contributed by atoms with Crippen molar-refractivity contribution in [1.82, 2.24) is 4.98 Å². The maximum Gasteiger partial charge on any atom is 0.123 e. The number of hydrogen-bond acceptors (Lipinski definition) is 4. The average molecular weight is 271 g/mol. The van der Waals surface area contributed by atoms with Crippen molar-refractivity contribution in [3.05, 3.63) is 53.9 Å². The molecule has 0 aliphatic heterocycles. The molecule has 1 heterocycles. The third kappa shape index (κ3) is 3.71. The number of hydrogen-bond donors (Lipinski definition) is 2. The van der Waals surface area contributed by atoms with Crippen LogP contribution in [0.3, 0.4) is 0 Å². The van der Waals surface area contributed by atoms with Crippen LogP contribution in [0.4, 0.5) is 0 Å². The second-order valence-corrected chi connectivity index (χ2v) is 4.23. The van der Waals surface area contributed by atoms with Crippen LogP contribution in [0.1, 0.15) is 11.3 Å². The number of pyridine rings is 1. The van der Waals surface area contributed by atoms with E-state index in [-0.39, 0.29) is 5.84 Å². The molecule has 0 aliphatic rings. The molecule has 0 amide bonds. The standard InChI is InChI=1S/C15H17N3O2/c1-19-13-8-11(15(16)17)9-14(10-13)20-7-5-12-4-2-3-6-18-12/h2-4,6,8-10H,5,7H2,1H3,(H3,16,17). The lowest BCUT2D eigenvalue weighted by atomic mass is 10.2. The van der Waals surface area contributed by atoms with Crippen LogP contribution in [-0.2, 0) is 6.42 Å². The van der Waals surface area contributed by atoms with Crippen LogP contribution in [0.15, 0.2) is 42.6 Å². The van der Waals surface area contributed by atoms with Crippen molar-refractivity contribution in [1.29, 1.82) is 5.41 Å². The van der Waals surface area contributed by atoms with Gasteiger partial charge in [-0.05, 0) is 24.3 Å². The highest BCUT2D eigenvalue weighted by atomic mass is 16.5. The van der Waals surface area contributed by atoms with E-state index in [1.54, 1.807) is 31.5 Å². The largest absolute Gasteiger partial charge is 0.497 e. The summed E-state index contributed by atoms with van der Waals surface area (Å²) in [5.41, 5.74) is 7.04. The van der Waals surface area contributed by atoms with Crippen LogP contribution in [0.5, 0.6) is 11.5 Å². The average Bonchev–Trinajstić information content (AvgIpc) is 2.48. The minimum atomic E-state index is -0.0153. The first-order valence-electron chi connectivity index (χ1n) is 6.25. The van der Waals surface area contributed by atoms with E-state index in [0.29, 0.717) is 30.1 Å². The van der Waals surface area contributed by atoms with E-state index in [2.05, 4.69) is 4.98 Å². The molecule has 0 fully saturated rings. The predicted molar refractivity (Wildman–Crippen MR) is 77.4 cm³/mol. The van der Waals surface area contributed by atoms with Crippen molar-refractivity contribution in [2.75, 3.05) is 13.7 Å². The van der Waals surface area contributed by atoms with Crippen LogP contribution in [0.2, 0.25) is 0 Å². The van der Waals surface area contributed by atoms with Crippen molar-refractivity contribution < 1.29 is 9.47 Å². The van der Waals surface area contributed by atoms with Gasteiger partial charge in [0.25, 0.3) is 0 Å². The first-order chi connectivity index (χ1) is 9.69. The molecule has 1 aromatic carbocycles. The van der Waals surface area contributed by atoms with Gasteiger partial charge in [0.2, 0.25) is 0 Å². The molecule has 5 heteroatoms. The zero-order chi connectivity index (χ0) is 14.4. The zero-order valence-electron chi connectivity index (χ0n) is 11.3. The van der Waals surface area contributed by atoms with Gasteiger partial charge in [-0.2, -0.15) is 0 Å². The van der Waals surface area contributed by atoms with Gasteiger partial charge in [0.1, 0.15) is 17.3 Å². The van der Waals surface area contributed by atoms with Gasteiger partial charge in [-0.1, -0.05) is 6.07 Å². The Labute approximate surface area is 117 Å². The molecule has 104 valence electrons. The molecule has 0 unspecified atom stereocenters. The normalized spacial score (nSPS) is 10.1. The predicted octanol–water partition coefficient (Wildman–Crippen LogP) is 2.00. The summed E-state index contributed by atoms with van der Waals surface area (Å²) in [5, 5.41) is 7.47. The third-order valence-electron chi connectivity index (χ3n) is 2.78. The quantitative estimate of drug-likeness (QED) is 0.622. The summed E-state index contributed by atoms with van der Waals surface area (Å²) in [6.45, 7) is 0.502. The molecule has 0 atom stereocenters. The first-order valence-corrected chi connectivity index (χ1v) is 6.25. The zero-order valence-corrected chi connectivity index (χ0v) is 11.3. The summed E-state index contributed by atoms with van der Waals surface area (Å²) in [6, 6.07) is 11.0. The Morgan fingerprint density at radius 3 is 2.70 bits per heavy atom. The Morgan fingerprint density at radius 2 is 2.05 bits per heavy atom. The molecular formula is C15H17N3O2. The van der Waals surface area contributed by atoms with Crippen LogP contribution in [0, 0.1) is 5.41 Å². The van der Waals surface area contributed by atoms with Crippen LogP contribution in [-0.4, -0.2) is 24.5 Å². The highest BCUT2D eigenvalue weighted by Gasteiger charge is 2.05. The fourth-order valence-corrected chi connectivity index (χ4v) is 1.75. The number of ether oxygens (including phenoxy) is 2. The van der Waals surface area contributed by atoms with Gasteiger partial charge in [-0.15, -0.1) is 0 Å². The van der Waals surface area contributed by atoms with E-state index < -0.39 is 0 Å². The van der Waals surface area contributed by atoms with Crippen LogP contribution in [0.25, 0.3) is 0 Å². The molecule has 0 spiro atoms. The van der Waals surface area contributed by atoms with E-state index in [1.165, 1.54) is 0 Å². The van der Waals surface area contributed by atoms with E-state index >= 15 is 0 Å². The molecule has 2 aromatic rings. The maximum atomic E-state index is 7.47. The maximum absolute atomic E-state index is 7.47. The second-order valence-electron chi connectivity index (χ2n) is 4.23. The monoisotopic (exact) mass is 271 g/mol. The van der Waals surface area contributed by atoms with Gasteiger partial charge in [0.15, 0.2) is 0 Å². The lowest BCUT2D eigenvalue weighted by molar-refractivity contribution is 0.317. The molecule has 0 saturated carbocycles. The van der Waals surface area contributed by atoms with Crippen LogP contribution < -0.4 is 15.2 Å². The summed E-state index contributed by atoms with van der Waals surface area (Å²) in [6.07, 6.45) is 2.47. The Balaban J connectivity index is 2.02. The summed E-state index contributed by atoms with van der Waals surface area (Å²) >= 11 is 0. The van der Waals surface area contributed by atoms with E-state index in [0.717, 1.165) is 5.69 Å². The molecule has 0 radical (unpaired) electrons. The van der Waals surface area contributed by atoms with Gasteiger partial charge in [-0.25, -0.2) is 0 Å². The van der Waals surface area contributed by atoms with Gasteiger partial charge < -0.3 is 15.2 Å². The van der Waals surface area contributed by atoms with E-state index in [4.69, 9.17) is 20.6 Å². The Hall–Kier alpha value is -2.56. The highest BCUT2D eigenvalue weighted by molar-refractivity contribution is 5.95. The lowest BCUT2D eigenvalue weighted by Crippen LogP contribution is -2.11. The molecule has 2 rings (SSSR count). The molecule has 0 saturated heterocycles. The number of rotatable bonds is 6. The molecule has 20 heavy (non-hydrogen) atoms. The Morgan fingerprint density at radius 1 is 1.25 bits per heavy atom. The minimum Gasteiger partial charge on any atom is -0.497 e. The third-order valence-corrected chi connectivity index (χ3v) is 2.78. The van der Waals surface area contributed by atoms with Crippen molar-refractivity contribution in [2.24, 2.45) is 5.73 Å². The van der Waals surface area contributed by atoms with Gasteiger partial charge in [-0.3, -0.25) is 10.4 Å². The van der Waals surface area contributed by atoms with Gasteiger partial charge in [0.05, 0.1) is 13.7 Å². The topological polar surface area (TPSA) is 81.2 Å². The summed E-state index contributed by atoms with van der Waals surface area (Å²) in [4.78, 5) is 4.23. The molecule has 0 bridgehead atoms. The van der Waals surface area contributed by atoms with E-state index in [1.807, 2.05) is 18.2 Å². The molecule has 3 N–H and O–H groups in total. The number of nitrogen functional groups attached to an aromatic ring is 1. The number of nitrogens with one attached hydrogen (secondary N) is 1. The van der Waals surface area contributed by atoms with Crippen LogP contribution >= 0.6 is 0 Å². The number of nitrogens with two attached hydrogens (primary N) is 1. The highest BCUT2D eigenvalue weighted by Crippen LogP contribution is 2.22. The molecular weight excluding hydrogens is 254 g/mol. The summed E-state index contributed by atoms with van der Waals surface area (Å²) < 4.78 is 10.8. The Bertz CT molecular complexity index is 585. The number of nitrogens with zero attached hydrogens (tertiary/aromatic N) is 1. The SMILES string of the molecule is COc1cc(OCCc2ccccn2)cc(C(=N)N)c1. The summed E-state index contributed by atoms with van der Waals surface area (Å²) in [5.74, 6) is 1.23. The smallest absolute Gasteiger partial charge is 0.123 e. The number of amidine groups is 1. The van der Waals surface area contributed by atoms with Gasteiger partial charge in [0, 0.05) is 29.9 Å². The van der Waals surface area contributed by atoms with Crippen molar-refractivity contribution in [2.45, 2.75) is 6.42 Å². The second kappa shape index (κ2) is 6.56. The fraction of sp³-hybridized carbons (Fsp3) is 0.200. The number of aromatic nitrogens is 1. The van der Waals surface area contributed by atoms with E-state index in [9.17, 15) is 0 Å². The minimum absolute atomic E-state index is 0.0153. The van der Waals surface area contributed by atoms with Crippen molar-refractivity contribution in [3.8, 4) is 11.5 Å². The summed E-state index contributed by atoms with van der Waals surface area (Å²) in [7, 11) is 1.57. The number of methoxy groups -OCH3 is 1. The number of benzene rings is 1. The van der Waals surface area contributed by atoms with Crippen molar-refractivity contribution in [3.63, 3.8) is 0 Å². The molecule has 5 nitrogen and oxygen atoms in total. The Kier molecular flexibility index (Phi) is 4.55.